The van der Waals surface area contributed by atoms with Gasteiger partial charge in [-0.15, -0.1) is 23.1 Å². The number of hydrogen-bond donors (Lipinski definition) is 2. The lowest BCUT2D eigenvalue weighted by Crippen LogP contribution is -2.19. The molecule has 4 rings (SSSR count). The molecule has 0 saturated carbocycles. The average Bonchev–Trinajstić information content (AvgIpc) is 3.27. The fourth-order valence-corrected chi connectivity index (χ4v) is 4.99. The van der Waals surface area contributed by atoms with Crippen LogP contribution in [0.3, 0.4) is 0 Å². The fourth-order valence-electron chi connectivity index (χ4n) is 3.21. The van der Waals surface area contributed by atoms with Gasteiger partial charge in [-0.25, -0.2) is 4.98 Å². The van der Waals surface area contributed by atoms with E-state index in [9.17, 15) is 9.59 Å². The Morgan fingerprint density at radius 3 is 2.41 bits per heavy atom. The zero-order chi connectivity index (χ0) is 23.9. The van der Waals surface area contributed by atoms with E-state index in [4.69, 9.17) is 4.74 Å². The van der Waals surface area contributed by atoms with Gasteiger partial charge in [0.1, 0.15) is 11.0 Å². The normalized spacial score (nSPS) is 11.5. The monoisotopic (exact) mass is 489 g/mol. The van der Waals surface area contributed by atoms with Crippen LogP contribution in [-0.2, 0) is 4.79 Å². The second kappa shape index (κ2) is 11.0. The number of benzene rings is 3. The summed E-state index contributed by atoms with van der Waals surface area (Å²) in [5, 5.41) is 7.83. The van der Waals surface area contributed by atoms with Crippen molar-refractivity contribution in [2.75, 3.05) is 17.7 Å². The summed E-state index contributed by atoms with van der Waals surface area (Å²) < 4.78 is 5.14. The second-order valence-electron chi connectivity index (χ2n) is 7.40. The molecule has 1 heterocycles. The van der Waals surface area contributed by atoms with E-state index in [1.165, 1.54) is 23.1 Å². The number of ether oxygens (including phenoxy) is 1. The molecule has 6 nitrogen and oxygen atoms in total. The van der Waals surface area contributed by atoms with Crippen LogP contribution in [-0.4, -0.2) is 23.9 Å². The number of hydrogen-bond acceptors (Lipinski definition) is 6. The van der Waals surface area contributed by atoms with E-state index >= 15 is 0 Å². The standard InChI is InChI=1S/C26H23N3O3S2/c1-17-16-33-26(27-17)29-25(31)23(18-7-4-3-5-8-18)34-22-10-6-9-20(15-22)28-24(30)19-11-13-21(32-2)14-12-19/h3-16,23H,1-2H3,(H,28,30)(H,27,29,31). The number of thioether (sulfide) groups is 1. The predicted molar refractivity (Wildman–Crippen MR) is 138 cm³/mol. The minimum Gasteiger partial charge on any atom is -0.497 e. The van der Waals surface area contributed by atoms with Crippen LogP contribution < -0.4 is 15.4 Å². The number of methoxy groups -OCH3 is 1. The highest BCUT2D eigenvalue weighted by Crippen LogP contribution is 2.37. The Bertz CT molecular complexity index is 1270. The second-order valence-corrected chi connectivity index (χ2v) is 9.44. The molecule has 8 heteroatoms. The van der Waals surface area contributed by atoms with Crippen molar-refractivity contribution < 1.29 is 14.3 Å². The SMILES string of the molecule is COc1ccc(C(=O)Nc2cccc(SC(C(=O)Nc3nc(C)cs3)c3ccccc3)c2)cc1. The van der Waals surface area contributed by atoms with Crippen LogP contribution in [0.4, 0.5) is 10.8 Å². The number of amides is 2. The van der Waals surface area contributed by atoms with Gasteiger partial charge in [0.05, 0.1) is 12.8 Å². The number of nitrogens with one attached hydrogen (secondary N) is 2. The molecule has 0 saturated heterocycles. The molecule has 1 atom stereocenters. The number of aromatic nitrogens is 1. The van der Waals surface area contributed by atoms with Gasteiger partial charge in [-0.1, -0.05) is 36.4 Å². The maximum absolute atomic E-state index is 13.2. The van der Waals surface area contributed by atoms with Gasteiger partial charge in [-0.05, 0) is 55.0 Å². The minimum absolute atomic E-state index is 0.154. The summed E-state index contributed by atoms with van der Waals surface area (Å²) in [7, 11) is 1.58. The van der Waals surface area contributed by atoms with Gasteiger partial charge in [0.15, 0.2) is 5.13 Å². The lowest BCUT2D eigenvalue weighted by Gasteiger charge is -2.17. The Balaban J connectivity index is 1.51. The third-order valence-electron chi connectivity index (χ3n) is 4.89. The summed E-state index contributed by atoms with van der Waals surface area (Å²) in [6.07, 6.45) is 0. The van der Waals surface area contributed by atoms with Crippen molar-refractivity contribution >= 4 is 45.7 Å². The largest absolute Gasteiger partial charge is 0.497 e. The molecule has 0 fully saturated rings. The molecule has 1 aromatic heterocycles. The van der Waals surface area contributed by atoms with E-state index < -0.39 is 5.25 Å². The maximum atomic E-state index is 13.2. The Labute approximate surface area is 206 Å². The lowest BCUT2D eigenvalue weighted by atomic mass is 10.1. The van der Waals surface area contributed by atoms with Crippen LogP contribution in [0.2, 0.25) is 0 Å². The van der Waals surface area contributed by atoms with Crippen LogP contribution in [0.25, 0.3) is 0 Å². The molecular formula is C26H23N3O3S2. The molecule has 4 aromatic rings. The van der Waals surface area contributed by atoms with Crippen molar-refractivity contribution in [2.45, 2.75) is 17.1 Å². The molecule has 34 heavy (non-hydrogen) atoms. The number of anilines is 2. The smallest absolute Gasteiger partial charge is 0.255 e. The fraction of sp³-hybridized carbons (Fsp3) is 0.115. The Morgan fingerprint density at radius 1 is 0.971 bits per heavy atom. The number of carbonyl (C=O) groups is 2. The number of nitrogens with zero attached hydrogens (tertiary/aromatic N) is 1. The summed E-state index contributed by atoms with van der Waals surface area (Å²) in [5.74, 6) is 0.313. The molecule has 2 amide bonds. The molecule has 2 N–H and O–H groups in total. The summed E-state index contributed by atoms with van der Waals surface area (Å²) in [5.41, 5.74) is 2.92. The van der Waals surface area contributed by atoms with E-state index in [0.717, 1.165) is 16.2 Å². The first-order valence-corrected chi connectivity index (χ1v) is 12.3. The first kappa shape index (κ1) is 23.5. The van der Waals surface area contributed by atoms with E-state index in [1.807, 2.05) is 66.9 Å². The van der Waals surface area contributed by atoms with Gasteiger partial charge in [0.2, 0.25) is 5.91 Å². The van der Waals surface area contributed by atoms with Gasteiger partial charge in [-0.3, -0.25) is 9.59 Å². The van der Waals surface area contributed by atoms with Crippen molar-refractivity contribution in [3.05, 3.63) is 101 Å². The van der Waals surface area contributed by atoms with Crippen molar-refractivity contribution in [3.63, 3.8) is 0 Å². The van der Waals surface area contributed by atoms with E-state index in [2.05, 4.69) is 15.6 Å². The Hall–Kier alpha value is -3.62. The summed E-state index contributed by atoms with van der Waals surface area (Å²) in [6, 6.07) is 24.0. The zero-order valence-corrected chi connectivity index (χ0v) is 20.3. The Morgan fingerprint density at radius 2 is 1.74 bits per heavy atom. The topological polar surface area (TPSA) is 80.3 Å². The summed E-state index contributed by atoms with van der Waals surface area (Å²) >= 11 is 2.81. The average molecular weight is 490 g/mol. The van der Waals surface area contributed by atoms with Crippen molar-refractivity contribution in [3.8, 4) is 5.75 Å². The lowest BCUT2D eigenvalue weighted by molar-refractivity contribution is -0.115. The highest BCUT2D eigenvalue weighted by atomic mass is 32.2. The molecule has 0 aliphatic rings. The van der Waals surface area contributed by atoms with Gasteiger partial charge < -0.3 is 15.4 Å². The van der Waals surface area contributed by atoms with Gasteiger partial charge in [0, 0.05) is 21.5 Å². The van der Waals surface area contributed by atoms with Crippen LogP contribution in [0, 0.1) is 6.92 Å². The number of carbonyl (C=O) groups excluding carboxylic acids is 2. The van der Waals surface area contributed by atoms with Crippen molar-refractivity contribution in [1.82, 2.24) is 4.98 Å². The van der Waals surface area contributed by atoms with Gasteiger partial charge in [0.25, 0.3) is 5.91 Å². The minimum atomic E-state index is -0.488. The van der Waals surface area contributed by atoms with E-state index in [0.29, 0.717) is 22.1 Å². The highest BCUT2D eigenvalue weighted by molar-refractivity contribution is 8.00. The number of rotatable bonds is 8. The van der Waals surface area contributed by atoms with Gasteiger partial charge >= 0.3 is 0 Å². The van der Waals surface area contributed by atoms with Crippen LogP contribution in [0.1, 0.15) is 26.9 Å². The van der Waals surface area contributed by atoms with Crippen LogP contribution >= 0.6 is 23.1 Å². The quantitative estimate of drug-likeness (QED) is 0.289. The van der Waals surface area contributed by atoms with Crippen LogP contribution in [0.15, 0.2) is 89.1 Å². The van der Waals surface area contributed by atoms with E-state index in [1.54, 1.807) is 31.4 Å². The molecule has 0 aliphatic carbocycles. The van der Waals surface area contributed by atoms with Crippen LogP contribution in [0.5, 0.6) is 5.75 Å². The van der Waals surface area contributed by atoms with Crippen molar-refractivity contribution in [2.24, 2.45) is 0 Å². The molecular weight excluding hydrogens is 466 g/mol. The third-order valence-corrected chi connectivity index (χ3v) is 7.01. The summed E-state index contributed by atoms with van der Waals surface area (Å²) in [4.78, 5) is 31.0. The molecule has 0 radical (unpaired) electrons. The molecule has 172 valence electrons. The molecule has 0 aliphatic heterocycles. The predicted octanol–water partition coefficient (Wildman–Crippen LogP) is 6.18. The molecule has 0 spiro atoms. The third kappa shape index (κ3) is 6.03. The first-order chi connectivity index (χ1) is 16.5. The molecule has 3 aromatic carbocycles. The number of thiazole rings is 1. The first-order valence-electron chi connectivity index (χ1n) is 10.5. The highest BCUT2D eigenvalue weighted by Gasteiger charge is 2.23. The van der Waals surface area contributed by atoms with Gasteiger partial charge in [-0.2, -0.15) is 0 Å². The molecule has 1 unspecified atom stereocenters. The van der Waals surface area contributed by atoms with Crippen molar-refractivity contribution in [1.29, 1.82) is 0 Å². The summed E-state index contributed by atoms with van der Waals surface area (Å²) in [6.45, 7) is 1.89. The Kier molecular flexibility index (Phi) is 7.61. The van der Waals surface area contributed by atoms with E-state index in [-0.39, 0.29) is 11.8 Å². The zero-order valence-electron chi connectivity index (χ0n) is 18.6. The number of aryl methyl sites for hydroxylation is 1. The molecule has 0 bridgehead atoms. The maximum Gasteiger partial charge on any atom is 0.255 e.